The molecule has 4 atom stereocenters. The molecule has 0 unspecified atom stereocenters. The lowest BCUT2D eigenvalue weighted by Crippen LogP contribution is -2.46. The van der Waals surface area contributed by atoms with Crippen LogP contribution < -0.4 is 0 Å². The standard InChI is InChI=1S/C9H14O5/c1-8(2)13-6-7(14-8)12-5(4-10)9(6,3)11/h4-7,11H,1-3H3/t5-,6+,7-,9-/m1/s1. The van der Waals surface area contributed by atoms with Gasteiger partial charge in [-0.1, -0.05) is 0 Å². The van der Waals surface area contributed by atoms with Crippen molar-refractivity contribution in [1.82, 2.24) is 0 Å². The van der Waals surface area contributed by atoms with Crippen molar-refractivity contribution in [2.45, 2.75) is 50.7 Å². The van der Waals surface area contributed by atoms with E-state index in [0.29, 0.717) is 6.29 Å². The van der Waals surface area contributed by atoms with Crippen LogP contribution in [-0.4, -0.2) is 41.3 Å². The van der Waals surface area contributed by atoms with Crippen LogP contribution in [0, 0.1) is 0 Å². The quantitative estimate of drug-likeness (QED) is 0.597. The summed E-state index contributed by atoms with van der Waals surface area (Å²) in [6, 6.07) is 0. The number of ether oxygens (including phenoxy) is 3. The summed E-state index contributed by atoms with van der Waals surface area (Å²) in [6.07, 6.45) is -1.57. The Labute approximate surface area is 81.9 Å². The molecule has 0 radical (unpaired) electrons. The smallest absolute Gasteiger partial charge is 0.191 e. The lowest BCUT2D eigenvalue weighted by Gasteiger charge is -2.27. The molecule has 2 heterocycles. The molecule has 5 heteroatoms. The molecule has 1 N–H and O–H groups in total. The van der Waals surface area contributed by atoms with Crippen LogP contribution in [0.3, 0.4) is 0 Å². The zero-order valence-corrected chi connectivity index (χ0v) is 8.39. The van der Waals surface area contributed by atoms with Gasteiger partial charge in [0.25, 0.3) is 0 Å². The van der Waals surface area contributed by atoms with Crippen molar-refractivity contribution >= 4 is 6.29 Å². The minimum absolute atomic E-state index is 0.567. The molecule has 80 valence electrons. The fourth-order valence-electron chi connectivity index (χ4n) is 1.84. The molecule has 14 heavy (non-hydrogen) atoms. The SMILES string of the molecule is CC1(C)O[C@H]2O[C@H](C=O)[C@@](C)(O)[C@H]2O1. The van der Waals surface area contributed by atoms with Crippen LogP contribution in [0.5, 0.6) is 0 Å². The van der Waals surface area contributed by atoms with E-state index < -0.39 is 29.9 Å². The van der Waals surface area contributed by atoms with Crippen molar-refractivity contribution in [1.29, 1.82) is 0 Å². The highest BCUT2D eigenvalue weighted by Crippen LogP contribution is 2.42. The van der Waals surface area contributed by atoms with Gasteiger partial charge in [-0.05, 0) is 20.8 Å². The summed E-state index contributed by atoms with van der Waals surface area (Å²) in [5.41, 5.74) is -1.32. The molecular formula is C9H14O5. The summed E-state index contributed by atoms with van der Waals surface area (Å²) in [6.45, 7) is 4.99. The first kappa shape index (κ1) is 10.0. The minimum Gasteiger partial charge on any atom is -0.384 e. The number of hydrogen-bond donors (Lipinski definition) is 1. The Morgan fingerprint density at radius 1 is 1.29 bits per heavy atom. The fraction of sp³-hybridized carbons (Fsp3) is 0.889. The van der Waals surface area contributed by atoms with Gasteiger partial charge in [-0.2, -0.15) is 0 Å². The molecule has 0 bridgehead atoms. The van der Waals surface area contributed by atoms with E-state index in [-0.39, 0.29) is 0 Å². The predicted octanol–water partition coefficient (Wildman–Crippen LogP) is -0.187. The van der Waals surface area contributed by atoms with E-state index in [1.807, 2.05) is 0 Å². The zero-order chi connectivity index (χ0) is 10.6. The fourth-order valence-corrected chi connectivity index (χ4v) is 1.84. The average Bonchev–Trinajstić information content (AvgIpc) is 2.45. The second-order valence-corrected chi connectivity index (χ2v) is 4.34. The maximum atomic E-state index is 10.6. The molecule has 2 aliphatic rings. The summed E-state index contributed by atoms with van der Waals surface area (Å²) in [7, 11) is 0. The molecular weight excluding hydrogens is 188 g/mol. The molecule has 2 rings (SSSR count). The molecule has 0 spiro atoms. The molecule has 0 aromatic heterocycles. The van der Waals surface area contributed by atoms with E-state index in [4.69, 9.17) is 14.2 Å². The molecule has 0 aromatic rings. The number of hydrogen-bond acceptors (Lipinski definition) is 5. The van der Waals surface area contributed by atoms with Gasteiger partial charge in [0, 0.05) is 0 Å². The number of aliphatic hydroxyl groups is 1. The van der Waals surface area contributed by atoms with Crippen molar-refractivity contribution in [3.8, 4) is 0 Å². The summed E-state index contributed by atoms with van der Waals surface area (Å²) < 4.78 is 16.1. The molecule has 2 fully saturated rings. The van der Waals surface area contributed by atoms with Crippen LogP contribution in [0.2, 0.25) is 0 Å². The third kappa shape index (κ3) is 1.28. The van der Waals surface area contributed by atoms with Crippen LogP contribution in [0.4, 0.5) is 0 Å². The van der Waals surface area contributed by atoms with E-state index in [1.54, 1.807) is 13.8 Å². The summed E-state index contributed by atoms with van der Waals surface area (Å²) in [5.74, 6) is -0.771. The van der Waals surface area contributed by atoms with Gasteiger partial charge in [0.1, 0.15) is 17.8 Å². The number of aldehydes is 1. The third-order valence-electron chi connectivity index (χ3n) is 2.61. The molecule has 0 amide bonds. The first-order valence-electron chi connectivity index (χ1n) is 4.55. The number of fused-ring (bicyclic) bond motifs is 1. The molecule has 5 nitrogen and oxygen atoms in total. The summed E-state index contributed by atoms with van der Waals surface area (Å²) >= 11 is 0. The summed E-state index contributed by atoms with van der Waals surface area (Å²) in [5, 5.41) is 10.00. The van der Waals surface area contributed by atoms with Crippen molar-refractivity contribution in [3.05, 3.63) is 0 Å². The largest absolute Gasteiger partial charge is 0.384 e. The molecule has 0 aromatic carbocycles. The van der Waals surface area contributed by atoms with Crippen LogP contribution >= 0.6 is 0 Å². The van der Waals surface area contributed by atoms with Gasteiger partial charge in [0.2, 0.25) is 0 Å². The topological polar surface area (TPSA) is 65.0 Å². The third-order valence-corrected chi connectivity index (χ3v) is 2.61. The molecule has 0 saturated carbocycles. The van der Waals surface area contributed by atoms with Crippen molar-refractivity contribution in [2.24, 2.45) is 0 Å². The van der Waals surface area contributed by atoms with Gasteiger partial charge in [-0.3, -0.25) is 0 Å². The van der Waals surface area contributed by atoms with E-state index in [9.17, 15) is 9.90 Å². The van der Waals surface area contributed by atoms with E-state index in [0.717, 1.165) is 0 Å². The Bertz CT molecular complexity index is 260. The van der Waals surface area contributed by atoms with Crippen LogP contribution in [-0.2, 0) is 19.0 Å². The van der Waals surface area contributed by atoms with Gasteiger partial charge in [-0.15, -0.1) is 0 Å². The summed E-state index contributed by atoms with van der Waals surface area (Å²) in [4.78, 5) is 10.6. The zero-order valence-electron chi connectivity index (χ0n) is 8.39. The second kappa shape index (κ2) is 2.76. The number of rotatable bonds is 1. The van der Waals surface area contributed by atoms with Crippen LogP contribution in [0.1, 0.15) is 20.8 Å². The Hall–Kier alpha value is -0.490. The first-order valence-corrected chi connectivity index (χ1v) is 4.55. The minimum atomic E-state index is -1.32. The van der Waals surface area contributed by atoms with Crippen molar-refractivity contribution in [2.75, 3.05) is 0 Å². The highest BCUT2D eigenvalue weighted by Gasteiger charge is 2.60. The van der Waals surface area contributed by atoms with Crippen molar-refractivity contribution < 1.29 is 24.1 Å². The van der Waals surface area contributed by atoms with Gasteiger partial charge >= 0.3 is 0 Å². The van der Waals surface area contributed by atoms with E-state index in [1.165, 1.54) is 6.92 Å². The Balaban J connectivity index is 2.22. The van der Waals surface area contributed by atoms with Crippen molar-refractivity contribution in [3.63, 3.8) is 0 Å². The maximum Gasteiger partial charge on any atom is 0.191 e. The lowest BCUT2D eigenvalue weighted by atomic mass is 9.96. The molecule has 0 aliphatic carbocycles. The average molecular weight is 202 g/mol. The number of carbonyl (C=O) groups is 1. The molecule has 2 aliphatic heterocycles. The van der Waals surface area contributed by atoms with Gasteiger partial charge in [0.05, 0.1) is 0 Å². The first-order chi connectivity index (χ1) is 6.37. The normalized spacial score (nSPS) is 50.4. The monoisotopic (exact) mass is 202 g/mol. The highest BCUT2D eigenvalue weighted by molar-refractivity contribution is 5.59. The molecule has 2 saturated heterocycles. The predicted molar refractivity (Wildman–Crippen MR) is 45.4 cm³/mol. The van der Waals surface area contributed by atoms with E-state index >= 15 is 0 Å². The Morgan fingerprint density at radius 3 is 2.43 bits per heavy atom. The number of carbonyl (C=O) groups excluding carboxylic acids is 1. The van der Waals surface area contributed by atoms with Gasteiger partial charge in [-0.25, -0.2) is 0 Å². The second-order valence-electron chi connectivity index (χ2n) is 4.34. The van der Waals surface area contributed by atoms with Gasteiger partial charge in [0.15, 0.2) is 18.4 Å². The Kier molecular flexibility index (Phi) is 1.98. The van der Waals surface area contributed by atoms with Gasteiger partial charge < -0.3 is 24.1 Å². The van der Waals surface area contributed by atoms with E-state index in [2.05, 4.69) is 0 Å². The Morgan fingerprint density at radius 2 is 1.93 bits per heavy atom. The lowest BCUT2D eigenvalue weighted by molar-refractivity contribution is -0.222. The maximum absolute atomic E-state index is 10.6. The van der Waals surface area contributed by atoms with Crippen LogP contribution in [0.15, 0.2) is 0 Å². The van der Waals surface area contributed by atoms with Crippen LogP contribution in [0.25, 0.3) is 0 Å². The highest BCUT2D eigenvalue weighted by atomic mass is 16.8.